The lowest BCUT2D eigenvalue weighted by atomic mass is 10.2. The van der Waals surface area contributed by atoms with Crippen molar-refractivity contribution in [2.75, 3.05) is 26.9 Å². The topological polar surface area (TPSA) is 90.9 Å². The highest BCUT2D eigenvalue weighted by Gasteiger charge is 2.34. The molecule has 0 saturated carbocycles. The van der Waals surface area contributed by atoms with Gasteiger partial charge in [0, 0.05) is 0 Å². The Balaban J connectivity index is 1.73. The molecule has 0 aliphatic carbocycles. The molecule has 1 saturated heterocycles. The van der Waals surface area contributed by atoms with Crippen LogP contribution in [-0.2, 0) is 34.3 Å². The molecule has 7 nitrogen and oxygen atoms in total. The summed E-state index contributed by atoms with van der Waals surface area (Å²) in [6, 6.07) is 8.30. The fraction of sp³-hybridized carbons (Fsp3) is 0.533. The first-order valence-electron chi connectivity index (χ1n) is 7.35. The predicted octanol–water partition coefficient (Wildman–Crippen LogP) is 0.453. The van der Waals surface area contributed by atoms with Gasteiger partial charge in [-0.2, -0.15) is 8.42 Å². The molecule has 0 bridgehead atoms. The van der Waals surface area contributed by atoms with Crippen molar-refractivity contribution in [1.82, 2.24) is 5.32 Å². The van der Waals surface area contributed by atoms with Crippen molar-refractivity contribution < 1.29 is 26.9 Å². The van der Waals surface area contributed by atoms with E-state index in [1.54, 1.807) is 24.3 Å². The molecule has 1 aliphatic heterocycles. The third kappa shape index (κ3) is 5.58. The van der Waals surface area contributed by atoms with Gasteiger partial charge in [0.25, 0.3) is 10.1 Å². The van der Waals surface area contributed by atoms with Gasteiger partial charge in [0.1, 0.15) is 11.8 Å². The van der Waals surface area contributed by atoms with Crippen LogP contribution in [0.2, 0.25) is 0 Å². The first-order chi connectivity index (χ1) is 11.0. The average Bonchev–Trinajstić information content (AvgIpc) is 3.00. The van der Waals surface area contributed by atoms with Crippen LogP contribution in [0.15, 0.2) is 30.3 Å². The third-order valence-electron chi connectivity index (χ3n) is 3.48. The first kappa shape index (κ1) is 17.9. The summed E-state index contributed by atoms with van der Waals surface area (Å²) in [7, 11) is -2.33. The molecule has 0 unspecified atom stereocenters. The van der Waals surface area contributed by atoms with Crippen molar-refractivity contribution in [2.24, 2.45) is 0 Å². The molecule has 1 heterocycles. The van der Waals surface area contributed by atoms with Crippen molar-refractivity contribution in [3.8, 4) is 0 Å². The number of nitrogens with one attached hydrogen (secondary N) is 1. The number of rotatable bonds is 8. The lowest BCUT2D eigenvalue weighted by Gasteiger charge is -2.17. The summed E-state index contributed by atoms with van der Waals surface area (Å²) in [6.07, 6.45) is 0.333. The molecule has 1 aromatic rings. The molecule has 0 aromatic heterocycles. The fourth-order valence-electron chi connectivity index (χ4n) is 2.40. The second-order valence-electron chi connectivity index (χ2n) is 5.16. The van der Waals surface area contributed by atoms with Crippen LogP contribution < -0.4 is 5.32 Å². The molecule has 1 N–H and O–H groups in total. The normalized spacial score (nSPS) is 21.3. The standard InChI is InChI=1S/C15H21NO6S/c1-20-15(17)14-13(7-8-16-14)21-9-10-22-23(18,19)11-12-5-3-2-4-6-12/h2-6,13-14,16H,7-11H2,1H3/t13-,14-/m0/s1. The average molecular weight is 343 g/mol. The number of esters is 1. The minimum atomic E-state index is -3.65. The highest BCUT2D eigenvalue weighted by Crippen LogP contribution is 2.13. The van der Waals surface area contributed by atoms with Crippen molar-refractivity contribution >= 4 is 16.1 Å². The van der Waals surface area contributed by atoms with Crippen molar-refractivity contribution in [1.29, 1.82) is 0 Å². The summed E-state index contributed by atoms with van der Waals surface area (Å²) in [5.74, 6) is -0.561. The van der Waals surface area contributed by atoms with Crippen LogP contribution in [0.1, 0.15) is 12.0 Å². The van der Waals surface area contributed by atoms with E-state index in [1.165, 1.54) is 7.11 Å². The van der Waals surface area contributed by atoms with Gasteiger partial charge in [-0.25, -0.2) is 0 Å². The Kier molecular flexibility index (Phi) is 6.52. The van der Waals surface area contributed by atoms with Crippen molar-refractivity contribution in [2.45, 2.75) is 24.3 Å². The summed E-state index contributed by atoms with van der Waals surface area (Å²) in [5.41, 5.74) is 0.666. The number of hydrogen-bond donors (Lipinski definition) is 1. The largest absolute Gasteiger partial charge is 0.468 e. The first-order valence-corrected chi connectivity index (χ1v) is 8.93. The number of hydrogen-bond acceptors (Lipinski definition) is 7. The van der Waals surface area contributed by atoms with Gasteiger partial charge in [0.2, 0.25) is 0 Å². The minimum Gasteiger partial charge on any atom is -0.468 e. The van der Waals surface area contributed by atoms with Crippen LogP contribution in [0.5, 0.6) is 0 Å². The van der Waals surface area contributed by atoms with Crippen LogP contribution >= 0.6 is 0 Å². The van der Waals surface area contributed by atoms with Gasteiger partial charge in [0.05, 0.1) is 26.4 Å². The minimum absolute atomic E-state index is 0.0838. The number of carbonyl (C=O) groups is 1. The summed E-state index contributed by atoms with van der Waals surface area (Å²) < 4.78 is 38.8. The number of ether oxygens (including phenoxy) is 2. The van der Waals surface area contributed by atoms with E-state index in [-0.39, 0.29) is 31.0 Å². The number of methoxy groups -OCH3 is 1. The van der Waals surface area contributed by atoms with E-state index in [0.29, 0.717) is 18.5 Å². The Labute approximate surface area is 136 Å². The Hall–Kier alpha value is -1.48. The molecular weight excluding hydrogens is 322 g/mol. The van der Waals surface area contributed by atoms with E-state index in [2.05, 4.69) is 10.1 Å². The highest BCUT2D eigenvalue weighted by atomic mass is 32.2. The van der Waals surface area contributed by atoms with Crippen LogP contribution in [-0.4, -0.2) is 53.4 Å². The van der Waals surface area contributed by atoms with Gasteiger partial charge >= 0.3 is 5.97 Å². The maximum absolute atomic E-state index is 11.9. The molecule has 1 fully saturated rings. The van der Waals surface area contributed by atoms with Gasteiger partial charge in [-0.05, 0) is 18.5 Å². The summed E-state index contributed by atoms with van der Waals surface area (Å²) >= 11 is 0. The third-order valence-corrected chi connectivity index (χ3v) is 4.70. The maximum atomic E-state index is 11.9. The Bertz CT molecular complexity index is 604. The Morgan fingerprint density at radius 1 is 1.26 bits per heavy atom. The Morgan fingerprint density at radius 3 is 2.70 bits per heavy atom. The van der Waals surface area contributed by atoms with E-state index in [4.69, 9.17) is 8.92 Å². The van der Waals surface area contributed by atoms with Crippen LogP contribution in [0.4, 0.5) is 0 Å². The van der Waals surface area contributed by atoms with Crippen LogP contribution in [0, 0.1) is 0 Å². The van der Waals surface area contributed by atoms with Gasteiger partial charge in [-0.3, -0.25) is 8.98 Å². The van der Waals surface area contributed by atoms with Crippen LogP contribution in [0.3, 0.4) is 0 Å². The Morgan fingerprint density at radius 2 is 2.00 bits per heavy atom. The van der Waals surface area contributed by atoms with Gasteiger partial charge < -0.3 is 14.8 Å². The molecule has 1 aliphatic rings. The van der Waals surface area contributed by atoms with Crippen molar-refractivity contribution in [3.05, 3.63) is 35.9 Å². The fourth-order valence-corrected chi connectivity index (χ4v) is 3.41. The van der Waals surface area contributed by atoms with Gasteiger partial charge in [0.15, 0.2) is 0 Å². The number of benzene rings is 1. The highest BCUT2D eigenvalue weighted by molar-refractivity contribution is 7.85. The monoisotopic (exact) mass is 343 g/mol. The molecule has 1 aromatic carbocycles. The lowest BCUT2D eigenvalue weighted by molar-refractivity contribution is -0.146. The van der Waals surface area contributed by atoms with E-state index in [1.807, 2.05) is 6.07 Å². The second-order valence-corrected chi connectivity index (χ2v) is 6.80. The molecule has 0 spiro atoms. The van der Waals surface area contributed by atoms with Crippen LogP contribution in [0.25, 0.3) is 0 Å². The zero-order chi connectivity index (χ0) is 16.7. The smallest absolute Gasteiger partial charge is 0.325 e. The summed E-state index contributed by atoms with van der Waals surface area (Å²) in [5, 5.41) is 2.99. The summed E-state index contributed by atoms with van der Waals surface area (Å²) in [4.78, 5) is 11.5. The molecule has 0 amide bonds. The predicted molar refractivity (Wildman–Crippen MR) is 83.2 cm³/mol. The van der Waals surface area contributed by atoms with E-state index >= 15 is 0 Å². The SMILES string of the molecule is COC(=O)[C@H]1NCC[C@@H]1OCCOS(=O)(=O)Cc1ccccc1. The van der Waals surface area contributed by atoms with E-state index < -0.39 is 16.2 Å². The molecule has 0 radical (unpaired) electrons. The lowest BCUT2D eigenvalue weighted by Crippen LogP contribution is -2.41. The van der Waals surface area contributed by atoms with Crippen molar-refractivity contribution in [3.63, 3.8) is 0 Å². The molecule has 128 valence electrons. The maximum Gasteiger partial charge on any atom is 0.325 e. The molecule has 23 heavy (non-hydrogen) atoms. The second kappa shape index (κ2) is 8.39. The quantitative estimate of drug-likeness (QED) is 0.416. The van der Waals surface area contributed by atoms with E-state index in [0.717, 1.165) is 0 Å². The molecule has 2 atom stereocenters. The zero-order valence-corrected chi connectivity index (χ0v) is 13.8. The van der Waals surface area contributed by atoms with E-state index in [9.17, 15) is 13.2 Å². The number of carbonyl (C=O) groups excluding carboxylic acids is 1. The summed E-state index contributed by atoms with van der Waals surface area (Å²) in [6.45, 7) is 0.658. The molecular formula is C15H21NO6S. The van der Waals surface area contributed by atoms with Gasteiger partial charge in [-0.15, -0.1) is 0 Å². The molecule has 8 heteroatoms. The van der Waals surface area contributed by atoms with Gasteiger partial charge in [-0.1, -0.05) is 30.3 Å². The zero-order valence-electron chi connectivity index (χ0n) is 12.9. The molecule has 2 rings (SSSR count).